The molecule has 0 spiro atoms. The molecule has 0 rings (SSSR count). The van der Waals surface area contributed by atoms with E-state index in [1.165, 1.54) is 0 Å². The zero-order valence-electron chi connectivity index (χ0n) is 7.15. The monoisotopic (exact) mass is 205 g/mol. The molecule has 0 aliphatic carbocycles. The van der Waals surface area contributed by atoms with E-state index in [-0.39, 0.29) is 135 Å². The Bertz CT molecular complexity index is 31.4. The third-order valence-corrected chi connectivity index (χ3v) is 0.333. The smallest absolute Gasteiger partial charge is 1.00 e. The van der Waals surface area contributed by atoms with Crippen LogP contribution >= 0.6 is 0 Å². The largest absolute Gasteiger partial charge is 1.00 e. The molecule has 0 aromatic rings. The Hall–Kier alpha value is 3.47. The van der Waals surface area contributed by atoms with Crippen molar-refractivity contribution >= 4 is 22.8 Å². The van der Waals surface area contributed by atoms with Crippen molar-refractivity contribution in [2.75, 3.05) is 0 Å². The van der Waals surface area contributed by atoms with E-state index in [0.717, 1.165) is 6.32 Å². The van der Waals surface area contributed by atoms with Crippen molar-refractivity contribution in [3.63, 3.8) is 0 Å². The van der Waals surface area contributed by atoms with Gasteiger partial charge in [0.1, 0.15) is 0 Å². The third kappa shape index (κ3) is 59.2. The summed E-state index contributed by atoms with van der Waals surface area (Å²) in [5.41, 5.74) is 0. The molecule has 0 unspecified atom stereocenters. The maximum Gasteiger partial charge on any atom is 1.00 e. The summed E-state index contributed by atoms with van der Waals surface area (Å²) in [6, 6.07) is 0. The van der Waals surface area contributed by atoms with Gasteiger partial charge in [0.2, 0.25) is 0 Å². The van der Waals surface area contributed by atoms with E-state index in [1.54, 1.807) is 7.17 Å². The number of hydrogen-bond donors (Lipinski definition) is 0. The predicted molar refractivity (Wildman–Crippen MR) is 56.0 cm³/mol. The summed E-state index contributed by atoms with van der Waals surface area (Å²) in [6.07, 6.45) is 1.48. The molecule has 0 N–H and O–H groups in total. The normalized spacial score (nSPS) is 3.27. The van der Waals surface area contributed by atoms with E-state index in [0.29, 0.717) is 6.32 Å². The second kappa shape index (κ2) is 50.0. The van der Waals surface area contributed by atoms with Gasteiger partial charge in [-0.3, -0.25) is 0 Å². The van der Waals surface area contributed by atoms with Gasteiger partial charge in [-0.25, -0.2) is 0 Å². The molecule has 11 heavy (non-hydrogen) atoms. The molecule has 0 saturated heterocycles. The van der Waals surface area contributed by atoms with Crippen molar-refractivity contribution in [2.45, 2.75) is 42.3 Å². The molecule has 0 fully saturated rings. The summed E-state index contributed by atoms with van der Waals surface area (Å²) < 4.78 is 0. The Kier molecular flexibility index (Phi) is 214. The summed E-state index contributed by atoms with van der Waals surface area (Å²) in [6.45, 7) is 0. The van der Waals surface area contributed by atoms with Crippen molar-refractivity contribution in [1.29, 1.82) is 0 Å². The Morgan fingerprint density at radius 3 is 1.27 bits per heavy atom. The van der Waals surface area contributed by atoms with Gasteiger partial charge in [-0.15, -0.1) is 0 Å². The molecule has 5 radical (unpaired) electrons. The van der Waals surface area contributed by atoms with Crippen molar-refractivity contribution in [2.24, 2.45) is 0 Å². The number of hydrogen-bond acceptors (Lipinski definition) is 0. The molecule has 0 saturated carbocycles. The first-order valence-corrected chi connectivity index (χ1v) is 1.65. The summed E-state index contributed by atoms with van der Waals surface area (Å²) >= 11 is 0. The molecule has 0 aromatic heterocycles. The molecule has 0 aromatic carbocycles. The first-order valence-electron chi connectivity index (χ1n) is 1.65. The van der Waals surface area contributed by atoms with Crippen LogP contribution in [0.5, 0.6) is 0 Å². The van der Waals surface area contributed by atoms with Gasteiger partial charge in [-0.1, -0.05) is 42.3 Å². The Labute approximate surface area is 167 Å². The van der Waals surface area contributed by atoms with E-state index < -0.39 is 0 Å². The molecule has 0 heterocycles. The van der Waals surface area contributed by atoms with Crippen LogP contribution < -0.4 is 103 Å². The molecule has 57 valence electrons. The van der Waals surface area contributed by atoms with Gasteiger partial charge >= 0.3 is 103 Å². The Morgan fingerprint density at radius 1 is 1.00 bits per heavy atom. The van der Waals surface area contributed by atoms with Crippen LogP contribution in [0.25, 0.3) is 0 Å². The third-order valence-electron chi connectivity index (χ3n) is 0.333. The second-order valence-electron chi connectivity index (χ2n) is 0.813. The molecular weight excluding hydrogens is 183 g/mol. The predicted octanol–water partition coefficient (Wildman–Crippen LogP) is -3.44. The molecular formula is C6H22B3K2. The van der Waals surface area contributed by atoms with Gasteiger partial charge in [-0.05, 0) is 0 Å². The SMILES string of the molecule is C.C.C.C.[B][B]CC[B].[H-].[H-].[K+].[K+]. The molecule has 5 heteroatoms. The summed E-state index contributed by atoms with van der Waals surface area (Å²) in [4.78, 5) is 0. The van der Waals surface area contributed by atoms with Gasteiger partial charge in [0, 0.05) is 7.74 Å². The zero-order chi connectivity index (χ0) is 4.12. The topological polar surface area (TPSA) is 0 Å². The Balaban J connectivity index is -0.00000000286. The van der Waals surface area contributed by atoms with Crippen molar-refractivity contribution in [3.05, 3.63) is 0 Å². The van der Waals surface area contributed by atoms with Crippen LogP contribution in [0, 0.1) is 0 Å². The van der Waals surface area contributed by atoms with Gasteiger partial charge in [0.15, 0.2) is 0 Å². The van der Waals surface area contributed by atoms with Crippen molar-refractivity contribution in [3.8, 4) is 0 Å². The molecule has 0 amide bonds. The first-order chi connectivity index (χ1) is 2.41. The van der Waals surface area contributed by atoms with Gasteiger partial charge < -0.3 is 2.85 Å². The summed E-state index contributed by atoms with van der Waals surface area (Å²) in [5.74, 6) is 0. The minimum absolute atomic E-state index is 0. The Morgan fingerprint density at radius 2 is 1.27 bits per heavy atom. The van der Waals surface area contributed by atoms with Crippen LogP contribution in [0.1, 0.15) is 32.6 Å². The molecule has 0 aliphatic rings. The molecule has 0 nitrogen and oxygen atoms in total. The minimum atomic E-state index is 0. The van der Waals surface area contributed by atoms with Crippen LogP contribution in [-0.2, 0) is 0 Å². The van der Waals surface area contributed by atoms with Gasteiger partial charge in [-0.2, -0.15) is 0 Å². The standard InChI is InChI=1S/C2H4B3.4CH4.2K.2H/c3-1-2-5-4;;;;;;;;/h1-2H2;4*1H4;;;;/q;;;;;2*+1;2*-1. The molecule has 0 bridgehead atoms. The van der Waals surface area contributed by atoms with Crippen LogP contribution in [0.3, 0.4) is 0 Å². The van der Waals surface area contributed by atoms with E-state index in [4.69, 9.17) is 15.6 Å². The fourth-order valence-electron chi connectivity index (χ4n) is 0.0962. The van der Waals surface area contributed by atoms with Crippen LogP contribution in [0.2, 0.25) is 12.6 Å². The van der Waals surface area contributed by atoms with Crippen LogP contribution in [0.15, 0.2) is 0 Å². The van der Waals surface area contributed by atoms with E-state index in [1.807, 2.05) is 0 Å². The first kappa shape index (κ1) is 47.1. The average Bonchev–Trinajstić information content (AvgIpc) is 1.41. The van der Waals surface area contributed by atoms with Gasteiger partial charge in [0.05, 0.1) is 15.0 Å². The second-order valence-corrected chi connectivity index (χ2v) is 0.813. The minimum Gasteiger partial charge on any atom is -1.00 e. The maximum atomic E-state index is 5.03. The molecule has 0 atom stereocenters. The fourth-order valence-corrected chi connectivity index (χ4v) is 0.0962. The van der Waals surface area contributed by atoms with Crippen molar-refractivity contribution in [1.82, 2.24) is 0 Å². The van der Waals surface area contributed by atoms with Crippen LogP contribution in [0.4, 0.5) is 0 Å². The summed E-state index contributed by atoms with van der Waals surface area (Å²) in [5, 5.41) is 0. The maximum absolute atomic E-state index is 5.03. The fraction of sp³-hybridized carbons (Fsp3) is 1.00. The van der Waals surface area contributed by atoms with Crippen LogP contribution in [-0.4, -0.2) is 22.8 Å². The number of rotatable bonds is 2. The van der Waals surface area contributed by atoms with Crippen molar-refractivity contribution < 1.29 is 106 Å². The van der Waals surface area contributed by atoms with E-state index in [2.05, 4.69) is 0 Å². The zero-order valence-corrected chi connectivity index (χ0v) is 11.4. The van der Waals surface area contributed by atoms with E-state index in [9.17, 15) is 0 Å². The quantitative estimate of drug-likeness (QED) is 0.411. The van der Waals surface area contributed by atoms with E-state index >= 15 is 0 Å². The average molecular weight is 205 g/mol. The molecule has 0 aliphatic heterocycles. The summed E-state index contributed by atoms with van der Waals surface area (Å²) in [7, 11) is 11.5. The van der Waals surface area contributed by atoms with Gasteiger partial charge in [0.25, 0.3) is 0 Å².